The van der Waals surface area contributed by atoms with Crippen LogP contribution in [-0.4, -0.2) is 49.6 Å². The van der Waals surface area contributed by atoms with E-state index in [4.69, 9.17) is 0 Å². The van der Waals surface area contributed by atoms with Gasteiger partial charge in [0.05, 0.1) is 0 Å². The third kappa shape index (κ3) is 5.23. The Labute approximate surface area is 144 Å². The first-order valence-electron chi connectivity index (χ1n) is 8.61. The van der Waals surface area contributed by atoms with E-state index in [1.807, 2.05) is 25.8 Å². The molecule has 1 saturated heterocycles. The fourth-order valence-electron chi connectivity index (χ4n) is 2.97. The van der Waals surface area contributed by atoms with Crippen LogP contribution >= 0.6 is 0 Å². The summed E-state index contributed by atoms with van der Waals surface area (Å²) in [5.74, 6) is 0.678. The lowest BCUT2D eigenvalue weighted by Crippen LogP contribution is -2.40. The van der Waals surface area contributed by atoms with Crippen molar-refractivity contribution in [2.45, 2.75) is 32.7 Å². The fourth-order valence-corrected chi connectivity index (χ4v) is 2.97. The molecule has 0 atom stereocenters. The number of benzene rings is 1. The summed E-state index contributed by atoms with van der Waals surface area (Å²) in [7, 11) is 1.96. The first-order chi connectivity index (χ1) is 11.5. The van der Waals surface area contributed by atoms with Gasteiger partial charge in [-0.2, -0.15) is 0 Å². The highest BCUT2D eigenvalue weighted by Gasteiger charge is 2.23. The minimum atomic E-state index is -0.262. The lowest BCUT2D eigenvalue weighted by atomic mass is 9.96. The SMILES string of the molecule is CNCC1CCN(C(=O)c2cccc(NC(=O)NC(C)C)c2)CC1. The van der Waals surface area contributed by atoms with Crippen molar-refractivity contribution < 1.29 is 9.59 Å². The van der Waals surface area contributed by atoms with E-state index < -0.39 is 0 Å². The fraction of sp³-hybridized carbons (Fsp3) is 0.556. The maximum Gasteiger partial charge on any atom is 0.319 e. The summed E-state index contributed by atoms with van der Waals surface area (Å²) in [5.41, 5.74) is 1.24. The smallest absolute Gasteiger partial charge is 0.319 e. The van der Waals surface area contributed by atoms with Crippen LogP contribution in [0, 0.1) is 5.92 Å². The van der Waals surface area contributed by atoms with Crippen LogP contribution in [0.1, 0.15) is 37.0 Å². The first-order valence-corrected chi connectivity index (χ1v) is 8.61. The van der Waals surface area contributed by atoms with Gasteiger partial charge in [0.25, 0.3) is 5.91 Å². The average molecular weight is 332 g/mol. The summed E-state index contributed by atoms with van der Waals surface area (Å²) in [5, 5.41) is 8.74. The van der Waals surface area contributed by atoms with Gasteiger partial charge in [-0.25, -0.2) is 4.79 Å². The van der Waals surface area contributed by atoms with Crippen molar-refractivity contribution in [3.63, 3.8) is 0 Å². The first kappa shape index (κ1) is 18.3. The minimum Gasteiger partial charge on any atom is -0.339 e. The van der Waals surface area contributed by atoms with Gasteiger partial charge in [-0.15, -0.1) is 0 Å². The number of carbonyl (C=O) groups is 2. The molecule has 0 spiro atoms. The van der Waals surface area contributed by atoms with Crippen LogP contribution in [0.5, 0.6) is 0 Å². The van der Waals surface area contributed by atoms with Crippen LogP contribution in [0.2, 0.25) is 0 Å². The Kier molecular flexibility index (Phi) is 6.61. The molecule has 1 aromatic rings. The van der Waals surface area contributed by atoms with E-state index >= 15 is 0 Å². The van der Waals surface area contributed by atoms with Gasteiger partial charge in [0.2, 0.25) is 0 Å². The molecule has 6 heteroatoms. The van der Waals surface area contributed by atoms with Gasteiger partial charge >= 0.3 is 6.03 Å². The predicted molar refractivity (Wildman–Crippen MR) is 96.3 cm³/mol. The summed E-state index contributed by atoms with van der Waals surface area (Å²) >= 11 is 0. The number of carbonyl (C=O) groups excluding carboxylic acids is 2. The molecule has 132 valence electrons. The number of hydrogen-bond donors (Lipinski definition) is 3. The Morgan fingerprint density at radius 3 is 2.58 bits per heavy atom. The molecule has 1 aliphatic heterocycles. The predicted octanol–water partition coefficient (Wildman–Crippen LogP) is 2.29. The number of amides is 3. The monoisotopic (exact) mass is 332 g/mol. The standard InChI is InChI=1S/C18H28N4O2/c1-13(2)20-18(24)21-16-6-4-5-15(11-16)17(23)22-9-7-14(8-10-22)12-19-3/h4-6,11,13-14,19H,7-10,12H2,1-3H3,(H2,20,21,24). The Hall–Kier alpha value is -2.08. The van der Waals surface area contributed by atoms with Gasteiger partial charge in [0, 0.05) is 30.4 Å². The highest BCUT2D eigenvalue weighted by Crippen LogP contribution is 2.19. The molecule has 0 radical (unpaired) electrons. The molecular weight excluding hydrogens is 304 g/mol. The molecule has 3 N–H and O–H groups in total. The molecule has 1 aliphatic rings. The van der Waals surface area contributed by atoms with E-state index in [9.17, 15) is 9.59 Å². The van der Waals surface area contributed by atoms with Gasteiger partial charge in [-0.05, 0) is 64.4 Å². The Bertz CT molecular complexity index is 566. The molecule has 0 aromatic heterocycles. The number of hydrogen-bond acceptors (Lipinski definition) is 3. The third-order valence-corrected chi connectivity index (χ3v) is 4.18. The second-order valence-corrected chi connectivity index (χ2v) is 6.63. The van der Waals surface area contributed by atoms with Gasteiger partial charge in [0.1, 0.15) is 0 Å². The minimum absolute atomic E-state index is 0.0332. The quantitative estimate of drug-likeness (QED) is 0.774. The molecule has 24 heavy (non-hydrogen) atoms. The summed E-state index contributed by atoms with van der Waals surface area (Å²) in [6, 6.07) is 6.92. The van der Waals surface area contributed by atoms with Gasteiger partial charge in [-0.1, -0.05) is 6.07 Å². The van der Waals surface area contributed by atoms with Crippen LogP contribution in [0.4, 0.5) is 10.5 Å². The molecule has 0 unspecified atom stereocenters. The third-order valence-electron chi connectivity index (χ3n) is 4.18. The zero-order valence-electron chi connectivity index (χ0n) is 14.8. The Morgan fingerprint density at radius 2 is 1.96 bits per heavy atom. The second kappa shape index (κ2) is 8.68. The van der Waals surface area contributed by atoms with Crippen LogP contribution in [0.25, 0.3) is 0 Å². The number of anilines is 1. The van der Waals surface area contributed by atoms with Crippen molar-refractivity contribution in [3.8, 4) is 0 Å². The van der Waals surface area contributed by atoms with Crippen molar-refractivity contribution in [3.05, 3.63) is 29.8 Å². The van der Waals surface area contributed by atoms with Gasteiger partial charge < -0.3 is 20.9 Å². The van der Waals surface area contributed by atoms with E-state index in [1.165, 1.54) is 0 Å². The number of piperidine rings is 1. The van der Waals surface area contributed by atoms with E-state index in [0.717, 1.165) is 32.5 Å². The molecule has 0 saturated carbocycles. The van der Waals surface area contributed by atoms with E-state index in [1.54, 1.807) is 24.3 Å². The van der Waals surface area contributed by atoms with Crippen LogP contribution in [-0.2, 0) is 0 Å². The van der Waals surface area contributed by atoms with Gasteiger partial charge in [-0.3, -0.25) is 4.79 Å². The molecule has 6 nitrogen and oxygen atoms in total. The second-order valence-electron chi connectivity index (χ2n) is 6.63. The van der Waals surface area contributed by atoms with E-state index in [-0.39, 0.29) is 18.0 Å². The molecule has 0 aliphatic carbocycles. The topological polar surface area (TPSA) is 73.5 Å². The van der Waals surface area contributed by atoms with Crippen LogP contribution < -0.4 is 16.0 Å². The summed E-state index contributed by atoms with van der Waals surface area (Å²) < 4.78 is 0. The van der Waals surface area contributed by atoms with Crippen LogP contribution in [0.15, 0.2) is 24.3 Å². The summed E-state index contributed by atoms with van der Waals surface area (Å²) in [6.07, 6.45) is 2.06. The molecule has 1 fully saturated rings. The zero-order valence-corrected chi connectivity index (χ0v) is 14.8. The molecular formula is C18H28N4O2. The molecule has 1 aromatic carbocycles. The van der Waals surface area contributed by atoms with Gasteiger partial charge in [0.15, 0.2) is 0 Å². The molecule has 2 rings (SSSR count). The number of rotatable bonds is 5. The number of nitrogens with zero attached hydrogens (tertiary/aromatic N) is 1. The molecule has 3 amide bonds. The van der Waals surface area contributed by atoms with Crippen molar-refractivity contribution in [2.24, 2.45) is 5.92 Å². The Morgan fingerprint density at radius 1 is 1.25 bits per heavy atom. The largest absolute Gasteiger partial charge is 0.339 e. The van der Waals surface area contributed by atoms with E-state index in [2.05, 4.69) is 16.0 Å². The maximum absolute atomic E-state index is 12.7. The summed E-state index contributed by atoms with van der Waals surface area (Å²) in [6.45, 7) is 6.38. The highest BCUT2D eigenvalue weighted by molar-refractivity contribution is 5.97. The number of nitrogens with one attached hydrogen (secondary N) is 3. The lowest BCUT2D eigenvalue weighted by Gasteiger charge is -2.32. The number of urea groups is 1. The highest BCUT2D eigenvalue weighted by atomic mass is 16.2. The van der Waals surface area contributed by atoms with Crippen molar-refractivity contribution in [1.29, 1.82) is 0 Å². The lowest BCUT2D eigenvalue weighted by molar-refractivity contribution is 0.0691. The number of likely N-dealkylation sites (tertiary alicyclic amines) is 1. The van der Waals surface area contributed by atoms with Crippen molar-refractivity contribution >= 4 is 17.6 Å². The maximum atomic E-state index is 12.7. The molecule has 0 bridgehead atoms. The molecule has 1 heterocycles. The Balaban J connectivity index is 1.95. The van der Waals surface area contributed by atoms with Crippen molar-refractivity contribution in [2.75, 3.05) is 32.0 Å². The van der Waals surface area contributed by atoms with Crippen LogP contribution in [0.3, 0.4) is 0 Å². The zero-order chi connectivity index (χ0) is 17.5. The average Bonchev–Trinajstić information content (AvgIpc) is 2.54. The van der Waals surface area contributed by atoms with E-state index in [0.29, 0.717) is 17.2 Å². The normalized spacial score (nSPS) is 15.4. The summed E-state index contributed by atoms with van der Waals surface area (Å²) in [4.78, 5) is 26.3. The van der Waals surface area contributed by atoms with Crippen molar-refractivity contribution in [1.82, 2.24) is 15.5 Å².